The molecule has 6 atom stereocenters. The average molecular weight is 552 g/mol. The van der Waals surface area contributed by atoms with Crippen molar-refractivity contribution in [2.75, 3.05) is 27.2 Å². The molecule has 10 heteroatoms. The minimum absolute atomic E-state index is 0.0624. The Morgan fingerprint density at radius 2 is 1.65 bits per heavy atom. The first-order chi connectivity index (χ1) is 18.9. The van der Waals surface area contributed by atoms with Crippen molar-refractivity contribution >= 4 is 29.0 Å². The topological polar surface area (TPSA) is 158 Å². The number of hydrogen-bond acceptors (Lipinski definition) is 9. The molecule has 0 aliphatic heterocycles. The van der Waals surface area contributed by atoms with E-state index >= 15 is 0 Å². The van der Waals surface area contributed by atoms with Crippen LogP contribution in [0.1, 0.15) is 53.6 Å². The lowest BCUT2D eigenvalue weighted by Crippen LogP contribution is -2.74. The number of nitrogens with zero attached hydrogens (tertiary/aromatic N) is 2. The van der Waals surface area contributed by atoms with Crippen LogP contribution < -0.4 is 5.73 Å². The number of fused-ring (bicyclic) bond motifs is 3. The first kappa shape index (κ1) is 27.2. The van der Waals surface area contributed by atoms with Gasteiger partial charge in [0.1, 0.15) is 5.75 Å². The van der Waals surface area contributed by atoms with Gasteiger partial charge in [-0.25, -0.2) is 0 Å². The number of ketones is 4. The Morgan fingerprint density at radius 1 is 1.02 bits per heavy atom. The highest BCUT2D eigenvalue weighted by Gasteiger charge is 2.69. The van der Waals surface area contributed by atoms with Gasteiger partial charge >= 0.3 is 0 Å². The summed E-state index contributed by atoms with van der Waals surface area (Å²) in [6, 6.07) is 2.24. The van der Waals surface area contributed by atoms with Crippen molar-refractivity contribution in [1.29, 1.82) is 0 Å². The highest BCUT2D eigenvalue weighted by atomic mass is 16.3. The van der Waals surface area contributed by atoms with Gasteiger partial charge in [0.15, 0.2) is 34.7 Å². The van der Waals surface area contributed by atoms with E-state index in [2.05, 4.69) is 4.90 Å². The van der Waals surface area contributed by atoms with Crippen molar-refractivity contribution in [3.8, 4) is 5.75 Å². The maximum atomic E-state index is 14.0. The number of nitrogens with two attached hydrogens (primary N) is 1. The molecule has 4 N–H and O–H groups in total. The number of Topliss-reactive ketones (excluding diaryl/α,β-unsaturated/α-hetero) is 4. The second-order valence-electron chi connectivity index (χ2n) is 13.0. The third-order valence-electron chi connectivity index (χ3n) is 9.86. The zero-order chi connectivity index (χ0) is 28.7. The molecule has 1 aromatic rings. The normalized spacial score (nSPS) is 33.7. The van der Waals surface area contributed by atoms with E-state index in [1.807, 2.05) is 6.07 Å². The number of primary amides is 1. The first-order valence-corrected chi connectivity index (χ1v) is 14.3. The smallest absolute Gasteiger partial charge is 0.235 e. The molecule has 2 unspecified atom stereocenters. The Balaban J connectivity index is 1.38. The molecular weight excluding hydrogens is 514 g/mol. The number of aromatic hydroxyl groups is 1. The van der Waals surface area contributed by atoms with E-state index in [1.54, 1.807) is 14.1 Å². The Hall–Kier alpha value is -2.95. The molecule has 4 fully saturated rings. The number of phenolic OH excluding ortho intramolecular Hbond substituents is 1. The number of carbonyl (C=O) groups is 5. The lowest BCUT2D eigenvalue weighted by atomic mass is 9.52. The predicted octanol–water partition coefficient (Wildman–Crippen LogP) is 0.489. The van der Waals surface area contributed by atoms with E-state index in [0.29, 0.717) is 30.4 Å². The van der Waals surface area contributed by atoms with Crippen LogP contribution >= 0.6 is 0 Å². The molecule has 0 aromatic heterocycles. The van der Waals surface area contributed by atoms with Crippen LogP contribution in [0, 0.1) is 35.5 Å². The standard InChI is InChI=1S/C30H37N3O7/c1-32(2)24-19-10-17-9-18-16(13-33(11-14-3-4-14)12-15-5-6-15)7-8-20(34)22(18)25(35)21(17)27(37)30(19,40)28(38)23(26(24)36)29(31)39/h7-8,14-15,17,19,21,23-24,34,40H,3-6,9-13H2,1-2H3,(H2,31,39)/t17-,19-,21?,23?,24-,30-/m0/s1. The largest absolute Gasteiger partial charge is 0.507 e. The lowest BCUT2D eigenvalue weighted by molar-refractivity contribution is -0.181. The molecule has 5 aliphatic rings. The van der Waals surface area contributed by atoms with Gasteiger partial charge in [-0.15, -0.1) is 0 Å². The number of phenols is 1. The summed E-state index contributed by atoms with van der Waals surface area (Å²) in [7, 11) is 3.17. The van der Waals surface area contributed by atoms with Gasteiger partial charge in [0.25, 0.3) is 0 Å². The molecule has 10 nitrogen and oxygen atoms in total. The molecule has 0 spiro atoms. The van der Waals surface area contributed by atoms with Crippen LogP contribution in [-0.4, -0.2) is 87.9 Å². The summed E-state index contributed by atoms with van der Waals surface area (Å²) in [6.45, 7) is 2.63. The summed E-state index contributed by atoms with van der Waals surface area (Å²) in [5, 5.41) is 22.5. The molecule has 0 radical (unpaired) electrons. The summed E-state index contributed by atoms with van der Waals surface area (Å²) in [5.74, 6) is -8.70. The summed E-state index contributed by atoms with van der Waals surface area (Å²) in [5.41, 5.74) is 4.38. The van der Waals surface area contributed by atoms with Gasteiger partial charge in [-0.2, -0.15) is 0 Å². The summed E-state index contributed by atoms with van der Waals surface area (Å²) >= 11 is 0. The number of hydrogen-bond donors (Lipinski definition) is 3. The Labute approximate surface area is 232 Å². The van der Waals surface area contributed by atoms with Crippen molar-refractivity contribution in [3.63, 3.8) is 0 Å². The fourth-order valence-corrected chi connectivity index (χ4v) is 7.59. The highest BCUT2D eigenvalue weighted by molar-refractivity contribution is 6.32. The Kier molecular flexibility index (Phi) is 6.51. The molecule has 1 amide bonds. The van der Waals surface area contributed by atoms with E-state index in [4.69, 9.17) is 5.73 Å². The number of amides is 1. The zero-order valence-corrected chi connectivity index (χ0v) is 23.0. The van der Waals surface area contributed by atoms with Gasteiger partial charge in [-0.3, -0.25) is 33.8 Å². The second kappa shape index (κ2) is 9.56. The maximum Gasteiger partial charge on any atom is 0.235 e. The molecule has 6 rings (SSSR count). The van der Waals surface area contributed by atoms with Crippen LogP contribution in [0.25, 0.3) is 0 Å². The van der Waals surface area contributed by atoms with Crippen LogP contribution in [-0.2, 0) is 32.1 Å². The van der Waals surface area contributed by atoms with Crippen LogP contribution in [0.2, 0.25) is 0 Å². The summed E-state index contributed by atoms with van der Waals surface area (Å²) in [6.07, 6.45) is 5.27. The number of carbonyl (C=O) groups excluding carboxylic acids is 5. The highest BCUT2D eigenvalue weighted by Crippen LogP contribution is 2.51. The molecule has 214 valence electrons. The van der Waals surface area contributed by atoms with Crippen LogP contribution in [0.4, 0.5) is 0 Å². The Bertz CT molecular complexity index is 1300. The van der Waals surface area contributed by atoms with Crippen molar-refractivity contribution in [2.45, 2.75) is 56.7 Å². The number of likely N-dealkylation sites (N-methyl/N-ethyl adjacent to an activating group) is 1. The van der Waals surface area contributed by atoms with Crippen molar-refractivity contribution in [1.82, 2.24) is 9.80 Å². The van der Waals surface area contributed by atoms with Gasteiger partial charge in [0.05, 0.1) is 17.5 Å². The molecule has 40 heavy (non-hydrogen) atoms. The van der Waals surface area contributed by atoms with Crippen LogP contribution in [0.5, 0.6) is 5.75 Å². The van der Waals surface area contributed by atoms with E-state index < -0.39 is 64.4 Å². The molecular formula is C30H37N3O7. The Morgan fingerprint density at radius 3 is 2.20 bits per heavy atom. The van der Waals surface area contributed by atoms with Crippen molar-refractivity contribution in [3.05, 3.63) is 28.8 Å². The van der Waals surface area contributed by atoms with Gasteiger partial charge in [0.2, 0.25) is 5.91 Å². The third kappa shape index (κ3) is 4.23. The monoisotopic (exact) mass is 551 g/mol. The van der Waals surface area contributed by atoms with Gasteiger partial charge in [-0.05, 0) is 87.6 Å². The fraction of sp³-hybridized carbons (Fsp3) is 0.633. The van der Waals surface area contributed by atoms with Gasteiger partial charge in [0, 0.05) is 25.6 Å². The van der Waals surface area contributed by atoms with Crippen LogP contribution in [0.15, 0.2) is 12.1 Å². The second-order valence-corrected chi connectivity index (χ2v) is 13.0. The number of rotatable bonds is 8. The average Bonchev–Trinajstić information content (AvgIpc) is 3.80. The summed E-state index contributed by atoms with van der Waals surface area (Å²) < 4.78 is 0. The van der Waals surface area contributed by atoms with E-state index in [-0.39, 0.29) is 17.7 Å². The minimum Gasteiger partial charge on any atom is -0.507 e. The van der Waals surface area contributed by atoms with E-state index in [1.165, 1.54) is 36.6 Å². The third-order valence-corrected chi connectivity index (χ3v) is 9.86. The number of benzene rings is 1. The molecule has 4 saturated carbocycles. The lowest BCUT2D eigenvalue weighted by Gasteiger charge is -2.52. The van der Waals surface area contributed by atoms with Gasteiger partial charge < -0.3 is 15.9 Å². The first-order valence-electron chi connectivity index (χ1n) is 14.3. The van der Waals surface area contributed by atoms with E-state index in [0.717, 1.165) is 18.7 Å². The molecule has 0 heterocycles. The number of aliphatic hydroxyl groups is 1. The molecule has 1 aromatic carbocycles. The molecule has 0 saturated heterocycles. The summed E-state index contributed by atoms with van der Waals surface area (Å²) in [4.78, 5) is 70.6. The van der Waals surface area contributed by atoms with Crippen LogP contribution in [0.3, 0.4) is 0 Å². The van der Waals surface area contributed by atoms with Gasteiger partial charge in [-0.1, -0.05) is 6.07 Å². The molecule has 0 bridgehead atoms. The van der Waals surface area contributed by atoms with Crippen molar-refractivity contribution < 1.29 is 34.2 Å². The zero-order valence-electron chi connectivity index (χ0n) is 23.0. The quantitative estimate of drug-likeness (QED) is 0.391. The fourth-order valence-electron chi connectivity index (χ4n) is 7.59. The van der Waals surface area contributed by atoms with E-state index in [9.17, 15) is 34.2 Å². The predicted molar refractivity (Wildman–Crippen MR) is 142 cm³/mol. The SMILES string of the molecule is CN(C)[C@@H]1C(=O)C(C(N)=O)C(=O)[C@@]2(O)C(=O)C3C(=O)c4c(O)ccc(CN(CC5CC5)CC5CC5)c4C[C@H]3C[C@@H]12. The van der Waals surface area contributed by atoms with Crippen molar-refractivity contribution in [2.24, 2.45) is 41.2 Å². The maximum absolute atomic E-state index is 14.0. The minimum atomic E-state index is -2.70. The molecule has 5 aliphatic carbocycles.